The van der Waals surface area contributed by atoms with Gasteiger partial charge in [-0.2, -0.15) is 0 Å². The van der Waals surface area contributed by atoms with Crippen LogP contribution in [0.1, 0.15) is 19.8 Å². The zero-order chi connectivity index (χ0) is 11.0. The zero-order valence-electron chi connectivity index (χ0n) is 9.95. The van der Waals surface area contributed by atoms with E-state index in [9.17, 15) is 0 Å². The van der Waals surface area contributed by atoms with Crippen molar-refractivity contribution in [2.24, 2.45) is 5.92 Å². The standard InChI is InChI=1S/C14H20N2/c1-2-16-9-7-12-11-5-3-4-6-13(11)15-14(12)8-10-16/h3-6,11,13,15H,2,7-10H2,1H3. The van der Waals surface area contributed by atoms with Gasteiger partial charge in [0.05, 0.1) is 6.04 Å². The van der Waals surface area contributed by atoms with Crippen LogP contribution in [0.3, 0.4) is 0 Å². The predicted octanol–water partition coefficient (Wildman–Crippen LogP) is 2.07. The van der Waals surface area contributed by atoms with Crippen molar-refractivity contribution in [3.63, 3.8) is 0 Å². The zero-order valence-corrected chi connectivity index (χ0v) is 9.95. The summed E-state index contributed by atoms with van der Waals surface area (Å²) in [5.74, 6) is 0.636. The maximum Gasteiger partial charge on any atom is 0.0545 e. The first kappa shape index (κ1) is 10.2. The van der Waals surface area contributed by atoms with Gasteiger partial charge in [-0.3, -0.25) is 0 Å². The van der Waals surface area contributed by atoms with Gasteiger partial charge in [-0.1, -0.05) is 31.2 Å². The Morgan fingerprint density at radius 2 is 2.06 bits per heavy atom. The summed E-state index contributed by atoms with van der Waals surface area (Å²) in [5.41, 5.74) is 3.20. The molecule has 86 valence electrons. The van der Waals surface area contributed by atoms with E-state index in [0.29, 0.717) is 12.0 Å². The summed E-state index contributed by atoms with van der Waals surface area (Å²) in [7, 11) is 0. The van der Waals surface area contributed by atoms with Crippen LogP contribution in [0, 0.1) is 5.92 Å². The van der Waals surface area contributed by atoms with E-state index in [1.807, 2.05) is 0 Å². The highest BCUT2D eigenvalue weighted by atomic mass is 15.1. The van der Waals surface area contributed by atoms with E-state index in [2.05, 4.69) is 41.4 Å². The third kappa shape index (κ3) is 1.61. The SMILES string of the molecule is CCN1CCC2=C(CC1)C1C=CC=CC1N2. The van der Waals surface area contributed by atoms with Gasteiger partial charge >= 0.3 is 0 Å². The Hall–Kier alpha value is -1.02. The van der Waals surface area contributed by atoms with Crippen LogP contribution < -0.4 is 5.32 Å². The molecular formula is C14H20N2. The van der Waals surface area contributed by atoms with Crippen LogP contribution in [-0.2, 0) is 0 Å². The Kier molecular flexibility index (Phi) is 2.60. The van der Waals surface area contributed by atoms with Gasteiger partial charge < -0.3 is 10.2 Å². The molecular weight excluding hydrogens is 196 g/mol. The fraction of sp³-hybridized carbons (Fsp3) is 0.571. The minimum absolute atomic E-state index is 0.545. The van der Waals surface area contributed by atoms with E-state index in [-0.39, 0.29) is 0 Å². The van der Waals surface area contributed by atoms with Crippen molar-refractivity contribution < 1.29 is 0 Å². The molecule has 0 bridgehead atoms. The Bertz CT molecular complexity index is 365. The molecule has 0 aromatic carbocycles. The van der Waals surface area contributed by atoms with Gasteiger partial charge in [-0.25, -0.2) is 0 Å². The third-order valence-corrected chi connectivity index (χ3v) is 4.09. The van der Waals surface area contributed by atoms with Crippen molar-refractivity contribution in [1.82, 2.24) is 10.2 Å². The van der Waals surface area contributed by atoms with E-state index in [4.69, 9.17) is 0 Å². The highest BCUT2D eigenvalue weighted by Gasteiger charge is 2.32. The fourth-order valence-corrected chi connectivity index (χ4v) is 3.10. The van der Waals surface area contributed by atoms with E-state index in [1.165, 1.54) is 38.2 Å². The summed E-state index contributed by atoms with van der Waals surface area (Å²) in [6.45, 7) is 5.90. The summed E-state index contributed by atoms with van der Waals surface area (Å²) >= 11 is 0. The van der Waals surface area contributed by atoms with E-state index in [1.54, 1.807) is 5.57 Å². The van der Waals surface area contributed by atoms with E-state index in [0.717, 1.165) is 0 Å². The first-order valence-corrected chi connectivity index (χ1v) is 6.44. The molecule has 0 aromatic rings. The summed E-state index contributed by atoms with van der Waals surface area (Å²) in [4.78, 5) is 2.55. The molecule has 1 aliphatic carbocycles. The molecule has 3 aliphatic rings. The maximum atomic E-state index is 3.69. The predicted molar refractivity (Wildman–Crippen MR) is 67.1 cm³/mol. The van der Waals surface area contributed by atoms with Gasteiger partial charge in [0.25, 0.3) is 0 Å². The van der Waals surface area contributed by atoms with Crippen LogP contribution >= 0.6 is 0 Å². The van der Waals surface area contributed by atoms with Crippen LogP contribution in [0.5, 0.6) is 0 Å². The molecule has 2 heteroatoms. The van der Waals surface area contributed by atoms with Gasteiger partial charge in [-0.15, -0.1) is 0 Å². The Balaban J connectivity index is 1.79. The quantitative estimate of drug-likeness (QED) is 0.722. The van der Waals surface area contributed by atoms with Crippen molar-refractivity contribution in [1.29, 1.82) is 0 Å². The van der Waals surface area contributed by atoms with Gasteiger partial charge in [0.15, 0.2) is 0 Å². The monoisotopic (exact) mass is 216 g/mol. The highest BCUT2D eigenvalue weighted by Crippen LogP contribution is 2.35. The number of nitrogens with one attached hydrogen (secondary N) is 1. The second-order valence-electron chi connectivity index (χ2n) is 4.90. The molecule has 0 radical (unpaired) electrons. The molecule has 0 saturated carbocycles. The van der Waals surface area contributed by atoms with Crippen molar-refractivity contribution in [2.45, 2.75) is 25.8 Å². The van der Waals surface area contributed by atoms with Crippen LogP contribution in [0.4, 0.5) is 0 Å². The van der Waals surface area contributed by atoms with Crippen LogP contribution in [0.15, 0.2) is 35.6 Å². The fourth-order valence-electron chi connectivity index (χ4n) is 3.10. The lowest BCUT2D eigenvalue weighted by atomic mass is 9.89. The lowest BCUT2D eigenvalue weighted by Gasteiger charge is -2.22. The topological polar surface area (TPSA) is 15.3 Å². The highest BCUT2D eigenvalue weighted by molar-refractivity contribution is 5.36. The molecule has 3 rings (SSSR count). The van der Waals surface area contributed by atoms with E-state index >= 15 is 0 Å². The second-order valence-corrected chi connectivity index (χ2v) is 4.90. The van der Waals surface area contributed by atoms with Crippen molar-refractivity contribution in [3.8, 4) is 0 Å². The molecule has 1 N–H and O–H groups in total. The Morgan fingerprint density at radius 1 is 1.25 bits per heavy atom. The van der Waals surface area contributed by atoms with Crippen molar-refractivity contribution in [2.75, 3.05) is 19.6 Å². The summed E-state index contributed by atoms with van der Waals surface area (Å²) in [6, 6.07) is 0.545. The smallest absolute Gasteiger partial charge is 0.0545 e. The van der Waals surface area contributed by atoms with Gasteiger partial charge in [0, 0.05) is 24.7 Å². The molecule has 0 spiro atoms. The normalized spacial score (nSPS) is 33.3. The number of fused-ring (bicyclic) bond motifs is 2. The van der Waals surface area contributed by atoms with Gasteiger partial charge in [-0.05, 0) is 25.0 Å². The largest absolute Gasteiger partial charge is 0.381 e. The molecule has 2 heterocycles. The summed E-state index contributed by atoms with van der Waals surface area (Å²) in [6.07, 6.45) is 11.5. The lowest BCUT2D eigenvalue weighted by Crippen LogP contribution is -2.30. The van der Waals surface area contributed by atoms with Crippen LogP contribution in [-0.4, -0.2) is 30.6 Å². The average molecular weight is 216 g/mol. The number of hydrogen-bond donors (Lipinski definition) is 1. The summed E-state index contributed by atoms with van der Waals surface area (Å²) in [5, 5.41) is 3.69. The molecule has 2 unspecified atom stereocenters. The lowest BCUT2D eigenvalue weighted by molar-refractivity contribution is 0.297. The second kappa shape index (κ2) is 4.10. The number of nitrogens with zero attached hydrogens (tertiary/aromatic N) is 1. The number of allylic oxidation sites excluding steroid dienone is 2. The van der Waals surface area contributed by atoms with Crippen molar-refractivity contribution >= 4 is 0 Å². The van der Waals surface area contributed by atoms with Gasteiger partial charge in [0.1, 0.15) is 0 Å². The van der Waals surface area contributed by atoms with Crippen LogP contribution in [0.25, 0.3) is 0 Å². The molecule has 0 saturated heterocycles. The molecule has 2 nitrogen and oxygen atoms in total. The summed E-state index contributed by atoms with van der Waals surface area (Å²) < 4.78 is 0. The molecule has 2 aliphatic heterocycles. The molecule has 2 atom stereocenters. The number of hydrogen-bond acceptors (Lipinski definition) is 2. The van der Waals surface area contributed by atoms with Crippen LogP contribution in [0.2, 0.25) is 0 Å². The number of rotatable bonds is 1. The molecule has 0 aromatic heterocycles. The van der Waals surface area contributed by atoms with Gasteiger partial charge in [0.2, 0.25) is 0 Å². The first-order chi connectivity index (χ1) is 7.88. The minimum Gasteiger partial charge on any atom is -0.381 e. The Morgan fingerprint density at radius 3 is 2.94 bits per heavy atom. The maximum absolute atomic E-state index is 3.69. The average Bonchev–Trinajstić information content (AvgIpc) is 2.55. The third-order valence-electron chi connectivity index (χ3n) is 4.09. The minimum atomic E-state index is 0.545. The van der Waals surface area contributed by atoms with E-state index < -0.39 is 0 Å². The van der Waals surface area contributed by atoms with Crippen molar-refractivity contribution in [3.05, 3.63) is 35.6 Å². The molecule has 16 heavy (non-hydrogen) atoms. The molecule has 0 amide bonds. The Labute approximate surface area is 97.7 Å². The first-order valence-electron chi connectivity index (χ1n) is 6.44. The molecule has 0 fully saturated rings.